The molecule has 2 heterocycles. The molecule has 0 aromatic carbocycles. The number of nitrogens with zero attached hydrogens (tertiary/aromatic N) is 3. The van der Waals surface area contributed by atoms with Crippen LogP contribution in [0.15, 0.2) is 4.52 Å². The topological polar surface area (TPSA) is 54.2 Å². The minimum absolute atomic E-state index is 0.236. The molecule has 90 valence electrons. The highest BCUT2D eigenvalue weighted by atomic mass is 16.5. The van der Waals surface area contributed by atoms with Crippen LogP contribution in [0.5, 0.6) is 0 Å². The van der Waals surface area contributed by atoms with Crippen molar-refractivity contribution in [1.29, 1.82) is 0 Å². The summed E-state index contributed by atoms with van der Waals surface area (Å²) in [6.45, 7) is 3.29. The highest BCUT2D eigenvalue weighted by Gasteiger charge is 2.26. The maximum absolute atomic E-state index is 5.29. The lowest BCUT2D eigenvalue weighted by atomic mass is 9.90. The first-order chi connectivity index (χ1) is 7.70. The number of aromatic nitrogens is 2. The summed E-state index contributed by atoms with van der Waals surface area (Å²) >= 11 is 0. The van der Waals surface area contributed by atoms with Gasteiger partial charge in [-0.3, -0.25) is 0 Å². The lowest BCUT2D eigenvalue weighted by Crippen LogP contribution is -2.31. The Hall–Kier alpha value is -1.10. The summed E-state index contributed by atoms with van der Waals surface area (Å²) in [4.78, 5) is 6.24. The standard InChI is InChI=1S/C11H20N4O/c1-4-8-5-6-12-9(7-8)10-13-11(14-16-10)15(2)3/h8-9,12H,4-7H2,1-3H3. The summed E-state index contributed by atoms with van der Waals surface area (Å²) in [5.74, 6) is 2.15. The maximum Gasteiger partial charge on any atom is 0.265 e. The van der Waals surface area contributed by atoms with Crippen molar-refractivity contribution in [2.75, 3.05) is 25.5 Å². The van der Waals surface area contributed by atoms with Crippen molar-refractivity contribution in [1.82, 2.24) is 15.5 Å². The zero-order chi connectivity index (χ0) is 11.5. The van der Waals surface area contributed by atoms with Gasteiger partial charge < -0.3 is 14.7 Å². The van der Waals surface area contributed by atoms with Gasteiger partial charge in [0.2, 0.25) is 5.89 Å². The first-order valence-electron chi connectivity index (χ1n) is 5.95. The van der Waals surface area contributed by atoms with E-state index in [2.05, 4.69) is 22.4 Å². The van der Waals surface area contributed by atoms with E-state index in [9.17, 15) is 0 Å². The molecule has 0 radical (unpaired) electrons. The molecule has 0 spiro atoms. The van der Waals surface area contributed by atoms with E-state index in [1.807, 2.05) is 19.0 Å². The smallest absolute Gasteiger partial charge is 0.265 e. The van der Waals surface area contributed by atoms with Crippen molar-refractivity contribution in [3.8, 4) is 0 Å². The van der Waals surface area contributed by atoms with E-state index >= 15 is 0 Å². The van der Waals surface area contributed by atoms with E-state index in [4.69, 9.17) is 4.52 Å². The minimum atomic E-state index is 0.236. The normalized spacial score (nSPS) is 25.7. The fraction of sp³-hybridized carbons (Fsp3) is 0.818. The van der Waals surface area contributed by atoms with E-state index in [1.165, 1.54) is 12.8 Å². The van der Waals surface area contributed by atoms with E-state index in [-0.39, 0.29) is 6.04 Å². The summed E-state index contributed by atoms with van der Waals surface area (Å²) in [6, 6.07) is 0.236. The van der Waals surface area contributed by atoms with Crippen LogP contribution in [0.4, 0.5) is 5.95 Å². The average molecular weight is 224 g/mol. The minimum Gasteiger partial charge on any atom is -0.344 e. The third kappa shape index (κ3) is 2.35. The van der Waals surface area contributed by atoms with Crippen LogP contribution in [0.25, 0.3) is 0 Å². The second-order valence-electron chi connectivity index (χ2n) is 4.63. The molecule has 2 rings (SSSR count). The molecule has 1 aromatic heterocycles. The molecule has 2 unspecified atom stereocenters. The predicted molar refractivity (Wildman–Crippen MR) is 62.4 cm³/mol. The van der Waals surface area contributed by atoms with Crippen LogP contribution in [0.3, 0.4) is 0 Å². The Morgan fingerprint density at radius 1 is 1.50 bits per heavy atom. The number of piperidine rings is 1. The van der Waals surface area contributed by atoms with Gasteiger partial charge in [0, 0.05) is 14.1 Å². The Labute approximate surface area is 96.2 Å². The molecule has 16 heavy (non-hydrogen) atoms. The van der Waals surface area contributed by atoms with Crippen LogP contribution in [0.2, 0.25) is 0 Å². The third-order valence-electron chi connectivity index (χ3n) is 3.22. The predicted octanol–water partition coefficient (Wildman–Crippen LogP) is 1.59. The molecule has 0 saturated carbocycles. The Morgan fingerprint density at radius 3 is 2.94 bits per heavy atom. The molecule has 1 fully saturated rings. The molecule has 0 amide bonds. The van der Waals surface area contributed by atoms with Gasteiger partial charge in [0.25, 0.3) is 5.95 Å². The van der Waals surface area contributed by atoms with Gasteiger partial charge in [-0.2, -0.15) is 4.98 Å². The SMILES string of the molecule is CCC1CCNC(c2nc(N(C)C)no2)C1. The van der Waals surface area contributed by atoms with E-state index < -0.39 is 0 Å². The van der Waals surface area contributed by atoms with Gasteiger partial charge >= 0.3 is 0 Å². The Kier molecular flexibility index (Phi) is 3.43. The summed E-state index contributed by atoms with van der Waals surface area (Å²) < 4.78 is 5.29. The molecule has 1 aliphatic rings. The van der Waals surface area contributed by atoms with Crippen molar-refractivity contribution in [2.24, 2.45) is 5.92 Å². The second kappa shape index (κ2) is 4.82. The van der Waals surface area contributed by atoms with Crippen LogP contribution in [0, 0.1) is 5.92 Å². The highest BCUT2D eigenvalue weighted by Crippen LogP contribution is 2.28. The fourth-order valence-electron chi connectivity index (χ4n) is 2.11. The summed E-state index contributed by atoms with van der Waals surface area (Å²) in [5, 5.41) is 7.38. The van der Waals surface area contributed by atoms with Crippen molar-refractivity contribution in [3.63, 3.8) is 0 Å². The monoisotopic (exact) mass is 224 g/mol. The molecule has 1 aromatic rings. The molecule has 0 bridgehead atoms. The molecule has 1 N–H and O–H groups in total. The van der Waals surface area contributed by atoms with Gasteiger partial charge in [-0.15, -0.1) is 0 Å². The summed E-state index contributed by atoms with van der Waals surface area (Å²) in [7, 11) is 3.83. The van der Waals surface area contributed by atoms with Gasteiger partial charge in [0.1, 0.15) is 0 Å². The number of nitrogens with one attached hydrogen (secondary N) is 1. The number of rotatable bonds is 3. The summed E-state index contributed by atoms with van der Waals surface area (Å²) in [6.07, 6.45) is 3.58. The average Bonchev–Trinajstić information content (AvgIpc) is 2.78. The molecule has 5 heteroatoms. The summed E-state index contributed by atoms with van der Waals surface area (Å²) in [5.41, 5.74) is 0. The van der Waals surface area contributed by atoms with Crippen molar-refractivity contribution >= 4 is 5.95 Å². The molecular formula is C11H20N4O. The Morgan fingerprint density at radius 2 is 2.31 bits per heavy atom. The zero-order valence-corrected chi connectivity index (χ0v) is 10.2. The lowest BCUT2D eigenvalue weighted by molar-refractivity contribution is 0.246. The first kappa shape index (κ1) is 11.4. The largest absolute Gasteiger partial charge is 0.344 e. The van der Waals surface area contributed by atoms with Gasteiger partial charge in [-0.25, -0.2) is 0 Å². The van der Waals surface area contributed by atoms with Crippen LogP contribution < -0.4 is 10.2 Å². The zero-order valence-electron chi connectivity index (χ0n) is 10.2. The fourth-order valence-corrected chi connectivity index (χ4v) is 2.11. The van der Waals surface area contributed by atoms with Crippen LogP contribution in [-0.2, 0) is 0 Å². The Bertz CT molecular complexity index is 336. The molecule has 1 aliphatic heterocycles. The van der Waals surface area contributed by atoms with E-state index in [0.29, 0.717) is 5.95 Å². The molecule has 2 atom stereocenters. The van der Waals surface area contributed by atoms with Gasteiger partial charge in [0.05, 0.1) is 6.04 Å². The number of anilines is 1. The van der Waals surface area contributed by atoms with Crippen LogP contribution in [0.1, 0.15) is 38.1 Å². The molecule has 0 aliphatic carbocycles. The first-order valence-corrected chi connectivity index (χ1v) is 5.95. The molecular weight excluding hydrogens is 204 g/mol. The van der Waals surface area contributed by atoms with Crippen molar-refractivity contribution < 1.29 is 4.52 Å². The van der Waals surface area contributed by atoms with Gasteiger partial charge in [0.15, 0.2) is 0 Å². The highest BCUT2D eigenvalue weighted by molar-refractivity contribution is 5.24. The number of hydrogen-bond donors (Lipinski definition) is 1. The number of hydrogen-bond acceptors (Lipinski definition) is 5. The maximum atomic E-state index is 5.29. The van der Waals surface area contributed by atoms with Crippen molar-refractivity contribution in [2.45, 2.75) is 32.2 Å². The van der Waals surface area contributed by atoms with Crippen molar-refractivity contribution in [3.05, 3.63) is 5.89 Å². The quantitative estimate of drug-likeness (QED) is 0.845. The molecule has 5 nitrogen and oxygen atoms in total. The van der Waals surface area contributed by atoms with Crippen LogP contribution >= 0.6 is 0 Å². The third-order valence-corrected chi connectivity index (χ3v) is 3.22. The van der Waals surface area contributed by atoms with Gasteiger partial charge in [-0.05, 0) is 30.5 Å². The van der Waals surface area contributed by atoms with E-state index in [0.717, 1.165) is 24.8 Å². The van der Waals surface area contributed by atoms with Crippen LogP contribution in [-0.4, -0.2) is 30.8 Å². The van der Waals surface area contributed by atoms with Gasteiger partial charge in [-0.1, -0.05) is 13.3 Å². The second-order valence-corrected chi connectivity index (χ2v) is 4.63. The lowest BCUT2D eigenvalue weighted by Gasteiger charge is -2.27. The molecule has 1 saturated heterocycles. The Balaban J connectivity index is 2.05. The van der Waals surface area contributed by atoms with E-state index in [1.54, 1.807) is 0 Å².